The molecule has 0 atom stereocenters. The highest BCUT2D eigenvalue weighted by molar-refractivity contribution is 5.54. The predicted octanol–water partition coefficient (Wildman–Crippen LogP) is 3.04. The third kappa shape index (κ3) is 2.50. The molecule has 2 aromatic rings. The lowest BCUT2D eigenvalue weighted by atomic mass is 10.2. The van der Waals surface area contributed by atoms with Gasteiger partial charge in [0, 0.05) is 6.07 Å². The van der Waals surface area contributed by atoms with E-state index in [1.165, 1.54) is 0 Å². The number of ether oxygens (including phenoxy) is 1. The fraction of sp³-hybridized carbons (Fsp3) is 0.0833. The maximum atomic E-state index is 13.3. The van der Waals surface area contributed by atoms with Crippen LogP contribution in [0.15, 0.2) is 30.5 Å². The van der Waals surface area contributed by atoms with Gasteiger partial charge in [0.2, 0.25) is 0 Å². The zero-order valence-electron chi connectivity index (χ0n) is 9.08. The summed E-state index contributed by atoms with van der Waals surface area (Å²) < 4.78 is 31.1. The van der Waals surface area contributed by atoms with E-state index in [1.54, 1.807) is 18.2 Å². The normalized spacial score (nSPS) is 10.3. The van der Waals surface area contributed by atoms with Crippen LogP contribution in [0.5, 0.6) is 11.6 Å². The summed E-state index contributed by atoms with van der Waals surface area (Å²) in [7, 11) is 0. The van der Waals surface area contributed by atoms with E-state index >= 15 is 0 Å². The van der Waals surface area contributed by atoms with Crippen LogP contribution in [0.25, 0.3) is 0 Å². The second kappa shape index (κ2) is 4.37. The van der Waals surface area contributed by atoms with Crippen LogP contribution in [0.1, 0.15) is 5.56 Å². The molecule has 1 aromatic heterocycles. The van der Waals surface area contributed by atoms with E-state index in [2.05, 4.69) is 4.98 Å². The Morgan fingerprint density at radius 2 is 2.00 bits per heavy atom. The minimum absolute atomic E-state index is 0.294. The van der Waals surface area contributed by atoms with Crippen molar-refractivity contribution in [3.05, 3.63) is 47.7 Å². The summed E-state index contributed by atoms with van der Waals surface area (Å²) in [6.07, 6.45) is 0.879. The van der Waals surface area contributed by atoms with Gasteiger partial charge in [-0.05, 0) is 24.6 Å². The molecule has 0 spiro atoms. The third-order valence-corrected chi connectivity index (χ3v) is 2.15. The van der Waals surface area contributed by atoms with E-state index in [-0.39, 0.29) is 5.88 Å². The first-order valence-corrected chi connectivity index (χ1v) is 4.91. The quantitative estimate of drug-likeness (QED) is 0.815. The molecule has 2 N–H and O–H groups in total. The number of anilines is 1. The van der Waals surface area contributed by atoms with E-state index in [9.17, 15) is 8.78 Å². The summed E-state index contributed by atoms with van der Waals surface area (Å²) in [5.41, 5.74) is 6.94. The van der Waals surface area contributed by atoms with Crippen molar-refractivity contribution >= 4 is 5.69 Å². The lowest BCUT2D eigenvalue weighted by Gasteiger charge is -2.08. The largest absolute Gasteiger partial charge is 0.434 e. The van der Waals surface area contributed by atoms with Crippen molar-refractivity contribution in [3.63, 3.8) is 0 Å². The Hall–Kier alpha value is -2.17. The number of nitrogen functional groups attached to an aromatic ring is 1. The van der Waals surface area contributed by atoms with Crippen LogP contribution in [-0.4, -0.2) is 4.98 Å². The Morgan fingerprint density at radius 3 is 2.71 bits per heavy atom. The van der Waals surface area contributed by atoms with Gasteiger partial charge >= 0.3 is 0 Å². The second-order valence-corrected chi connectivity index (χ2v) is 3.58. The van der Waals surface area contributed by atoms with E-state index in [0.29, 0.717) is 17.5 Å². The molecule has 0 unspecified atom stereocenters. The summed E-state index contributed by atoms with van der Waals surface area (Å²) in [6, 6.07) is 5.80. The number of halogens is 2. The van der Waals surface area contributed by atoms with Crippen molar-refractivity contribution in [2.24, 2.45) is 0 Å². The number of hydrogen-bond acceptors (Lipinski definition) is 3. The van der Waals surface area contributed by atoms with Gasteiger partial charge in [-0.3, -0.25) is 0 Å². The van der Waals surface area contributed by atoms with Gasteiger partial charge in [0.1, 0.15) is 5.82 Å². The molecule has 0 aliphatic heterocycles. The molecule has 0 bridgehead atoms. The van der Waals surface area contributed by atoms with Gasteiger partial charge in [0.05, 0.1) is 11.9 Å². The molecule has 0 fully saturated rings. The number of benzene rings is 1. The number of hydrogen-bond donors (Lipinski definition) is 1. The summed E-state index contributed by atoms with van der Waals surface area (Å²) in [5.74, 6) is -1.63. The molecule has 1 aromatic carbocycles. The number of nitrogens with zero attached hydrogens (tertiary/aromatic N) is 1. The topological polar surface area (TPSA) is 48.1 Å². The average molecular weight is 236 g/mol. The zero-order valence-corrected chi connectivity index (χ0v) is 9.08. The maximum Gasteiger partial charge on any atom is 0.256 e. The van der Waals surface area contributed by atoms with Crippen LogP contribution in [0, 0.1) is 18.6 Å². The summed E-state index contributed by atoms with van der Waals surface area (Å²) >= 11 is 0. The van der Waals surface area contributed by atoms with Crippen molar-refractivity contribution in [2.75, 3.05) is 5.73 Å². The van der Waals surface area contributed by atoms with E-state index in [4.69, 9.17) is 10.5 Å². The molecular formula is C12H10F2N2O. The van der Waals surface area contributed by atoms with Gasteiger partial charge in [0.15, 0.2) is 11.6 Å². The molecule has 5 heteroatoms. The highest BCUT2D eigenvalue weighted by Crippen LogP contribution is 2.28. The molecule has 17 heavy (non-hydrogen) atoms. The fourth-order valence-electron chi connectivity index (χ4n) is 1.31. The minimum atomic E-state index is -0.870. The molecule has 0 aliphatic carbocycles. The average Bonchev–Trinajstić information content (AvgIpc) is 2.27. The molecule has 0 amide bonds. The molecule has 0 aliphatic rings. The van der Waals surface area contributed by atoms with E-state index < -0.39 is 11.6 Å². The Kier molecular flexibility index (Phi) is 2.91. The molecule has 0 saturated carbocycles. The smallest absolute Gasteiger partial charge is 0.256 e. The Labute approximate surface area is 96.9 Å². The van der Waals surface area contributed by atoms with Crippen LogP contribution in [-0.2, 0) is 0 Å². The zero-order chi connectivity index (χ0) is 12.4. The summed E-state index contributed by atoms with van der Waals surface area (Å²) in [5, 5.41) is 0. The van der Waals surface area contributed by atoms with Crippen molar-refractivity contribution in [1.29, 1.82) is 0 Å². The second-order valence-electron chi connectivity index (χ2n) is 3.58. The first kappa shape index (κ1) is 11.3. The van der Waals surface area contributed by atoms with Crippen LogP contribution >= 0.6 is 0 Å². The molecular weight excluding hydrogens is 226 g/mol. The Bertz CT molecular complexity index is 558. The molecule has 0 saturated heterocycles. The standard InChI is InChI=1S/C12H10F2N2O/c1-7-2-3-10(15)11(4-7)17-12-9(14)5-8(13)6-16-12/h2-6H,15H2,1H3. The summed E-state index contributed by atoms with van der Waals surface area (Å²) in [4.78, 5) is 3.52. The third-order valence-electron chi connectivity index (χ3n) is 2.15. The van der Waals surface area contributed by atoms with Gasteiger partial charge in [-0.15, -0.1) is 0 Å². The highest BCUT2D eigenvalue weighted by Gasteiger charge is 2.09. The van der Waals surface area contributed by atoms with Crippen LogP contribution < -0.4 is 10.5 Å². The Balaban J connectivity index is 2.34. The van der Waals surface area contributed by atoms with Crippen molar-refractivity contribution in [3.8, 4) is 11.6 Å². The van der Waals surface area contributed by atoms with Crippen molar-refractivity contribution in [2.45, 2.75) is 6.92 Å². The molecule has 3 nitrogen and oxygen atoms in total. The maximum absolute atomic E-state index is 13.3. The SMILES string of the molecule is Cc1ccc(N)c(Oc2ncc(F)cc2F)c1. The van der Waals surface area contributed by atoms with Gasteiger partial charge in [0.25, 0.3) is 5.88 Å². The van der Waals surface area contributed by atoms with Crippen LogP contribution in [0.3, 0.4) is 0 Å². The monoisotopic (exact) mass is 236 g/mol. The Morgan fingerprint density at radius 1 is 1.24 bits per heavy atom. The van der Waals surface area contributed by atoms with E-state index in [0.717, 1.165) is 11.8 Å². The number of rotatable bonds is 2. The highest BCUT2D eigenvalue weighted by atomic mass is 19.1. The number of pyridine rings is 1. The minimum Gasteiger partial charge on any atom is -0.434 e. The number of aryl methyl sites for hydroxylation is 1. The fourth-order valence-corrected chi connectivity index (χ4v) is 1.31. The molecule has 88 valence electrons. The van der Waals surface area contributed by atoms with Crippen LogP contribution in [0.2, 0.25) is 0 Å². The van der Waals surface area contributed by atoms with Gasteiger partial charge in [-0.2, -0.15) is 0 Å². The number of aromatic nitrogens is 1. The lowest BCUT2D eigenvalue weighted by molar-refractivity contribution is 0.418. The molecule has 2 rings (SSSR count). The number of nitrogens with two attached hydrogens (primary N) is 1. The summed E-state index contributed by atoms with van der Waals surface area (Å²) in [6.45, 7) is 1.85. The molecule has 1 heterocycles. The lowest BCUT2D eigenvalue weighted by Crippen LogP contribution is -1.97. The van der Waals surface area contributed by atoms with Gasteiger partial charge in [-0.1, -0.05) is 6.07 Å². The van der Waals surface area contributed by atoms with Crippen LogP contribution in [0.4, 0.5) is 14.5 Å². The van der Waals surface area contributed by atoms with Gasteiger partial charge < -0.3 is 10.5 Å². The molecule has 0 radical (unpaired) electrons. The predicted molar refractivity (Wildman–Crippen MR) is 59.8 cm³/mol. The first-order valence-electron chi connectivity index (χ1n) is 4.91. The van der Waals surface area contributed by atoms with E-state index in [1.807, 2.05) is 6.92 Å². The van der Waals surface area contributed by atoms with Crippen molar-refractivity contribution in [1.82, 2.24) is 4.98 Å². The van der Waals surface area contributed by atoms with Gasteiger partial charge in [-0.25, -0.2) is 13.8 Å². The first-order chi connectivity index (χ1) is 8.06. The van der Waals surface area contributed by atoms with Crippen molar-refractivity contribution < 1.29 is 13.5 Å².